The SMILES string of the molecule is CC(O)(CNC(=O)c1cccc(Cl)c1Cl)c1ccco1. The van der Waals surface area contributed by atoms with Crippen LogP contribution in [0, 0.1) is 0 Å². The molecule has 0 saturated heterocycles. The summed E-state index contributed by atoms with van der Waals surface area (Å²) in [6.45, 7) is 1.54. The molecule has 1 amide bonds. The highest BCUT2D eigenvalue weighted by Crippen LogP contribution is 2.26. The first kappa shape index (κ1) is 14.9. The minimum absolute atomic E-state index is 0.0117. The normalized spacial score (nSPS) is 13.8. The summed E-state index contributed by atoms with van der Waals surface area (Å²) >= 11 is 11.8. The molecule has 4 nitrogen and oxygen atoms in total. The van der Waals surface area contributed by atoms with Crippen molar-refractivity contribution in [2.75, 3.05) is 6.54 Å². The molecule has 0 aliphatic rings. The zero-order valence-electron chi connectivity index (χ0n) is 10.7. The minimum atomic E-state index is -1.30. The number of halogens is 2. The van der Waals surface area contributed by atoms with Crippen LogP contribution in [0.3, 0.4) is 0 Å². The van der Waals surface area contributed by atoms with Crippen LogP contribution in [0.1, 0.15) is 23.0 Å². The van der Waals surface area contributed by atoms with Crippen LogP contribution in [0.2, 0.25) is 10.0 Å². The second kappa shape index (κ2) is 5.87. The molecule has 2 rings (SSSR count). The first-order chi connectivity index (χ1) is 9.42. The van der Waals surface area contributed by atoms with E-state index in [0.717, 1.165) is 0 Å². The molecule has 0 fully saturated rings. The van der Waals surface area contributed by atoms with E-state index in [1.165, 1.54) is 6.26 Å². The quantitative estimate of drug-likeness (QED) is 0.911. The van der Waals surface area contributed by atoms with Crippen molar-refractivity contribution in [2.45, 2.75) is 12.5 Å². The number of rotatable bonds is 4. The van der Waals surface area contributed by atoms with Gasteiger partial charge in [0, 0.05) is 0 Å². The highest BCUT2D eigenvalue weighted by Gasteiger charge is 2.27. The van der Waals surface area contributed by atoms with Crippen molar-refractivity contribution < 1.29 is 14.3 Å². The summed E-state index contributed by atoms with van der Waals surface area (Å²) in [5.41, 5.74) is -1.04. The van der Waals surface area contributed by atoms with Gasteiger partial charge in [-0.15, -0.1) is 0 Å². The van der Waals surface area contributed by atoms with Gasteiger partial charge in [-0.1, -0.05) is 29.3 Å². The Morgan fingerprint density at radius 1 is 1.35 bits per heavy atom. The van der Waals surface area contributed by atoms with E-state index in [1.54, 1.807) is 37.3 Å². The van der Waals surface area contributed by atoms with Crippen molar-refractivity contribution in [2.24, 2.45) is 0 Å². The lowest BCUT2D eigenvalue weighted by molar-refractivity contribution is 0.0330. The van der Waals surface area contributed by atoms with Crippen LogP contribution in [0.25, 0.3) is 0 Å². The summed E-state index contributed by atoms with van der Waals surface area (Å²) in [6, 6.07) is 8.09. The van der Waals surface area contributed by atoms with Gasteiger partial charge >= 0.3 is 0 Å². The molecule has 1 aromatic carbocycles. The van der Waals surface area contributed by atoms with Crippen molar-refractivity contribution in [1.29, 1.82) is 0 Å². The maximum absolute atomic E-state index is 12.0. The standard InChI is InChI=1S/C14H13Cl2NO3/c1-14(19,11-6-3-7-20-11)8-17-13(18)9-4-2-5-10(15)12(9)16/h2-7,19H,8H2,1H3,(H,17,18). The molecule has 0 radical (unpaired) electrons. The van der Waals surface area contributed by atoms with Gasteiger partial charge < -0.3 is 14.8 Å². The molecule has 20 heavy (non-hydrogen) atoms. The highest BCUT2D eigenvalue weighted by atomic mass is 35.5. The van der Waals surface area contributed by atoms with E-state index in [4.69, 9.17) is 27.6 Å². The Hall–Kier alpha value is -1.49. The summed E-state index contributed by atoms with van der Waals surface area (Å²) in [5.74, 6) is -0.0423. The molecule has 1 aromatic heterocycles. The van der Waals surface area contributed by atoms with Gasteiger partial charge in [-0.2, -0.15) is 0 Å². The fourth-order valence-electron chi connectivity index (χ4n) is 1.70. The van der Waals surface area contributed by atoms with E-state index >= 15 is 0 Å². The van der Waals surface area contributed by atoms with Crippen LogP contribution in [-0.4, -0.2) is 17.6 Å². The molecule has 0 saturated carbocycles. The Kier molecular flexibility index (Phi) is 4.38. The summed E-state index contributed by atoms with van der Waals surface area (Å²) < 4.78 is 5.13. The molecular weight excluding hydrogens is 301 g/mol. The number of nitrogens with one attached hydrogen (secondary N) is 1. The molecule has 1 unspecified atom stereocenters. The Labute approximate surface area is 126 Å². The Morgan fingerprint density at radius 2 is 2.10 bits per heavy atom. The molecule has 0 spiro atoms. The molecule has 6 heteroatoms. The highest BCUT2D eigenvalue weighted by molar-refractivity contribution is 6.43. The van der Waals surface area contributed by atoms with E-state index in [0.29, 0.717) is 10.8 Å². The average Bonchev–Trinajstić information content (AvgIpc) is 2.94. The first-order valence-electron chi connectivity index (χ1n) is 5.90. The van der Waals surface area contributed by atoms with Gasteiger partial charge in [0.1, 0.15) is 11.4 Å². The van der Waals surface area contributed by atoms with Gasteiger partial charge in [0.2, 0.25) is 0 Å². The molecule has 2 aromatic rings. The maximum atomic E-state index is 12.0. The van der Waals surface area contributed by atoms with Crippen molar-refractivity contribution in [3.8, 4) is 0 Å². The lowest BCUT2D eigenvalue weighted by Crippen LogP contribution is -2.38. The van der Waals surface area contributed by atoms with Gasteiger partial charge in [-0.3, -0.25) is 4.79 Å². The summed E-state index contributed by atoms with van der Waals surface area (Å²) in [5, 5.41) is 13.3. The van der Waals surface area contributed by atoms with Crippen molar-refractivity contribution in [1.82, 2.24) is 5.32 Å². The van der Waals surface area contributed by atoms with Crippen LogP contribution >= 0.6 is 23.2 Å². The molecule has 1 atom stereocenters. The number of furan rings is 1. The maximum Gasteiger partial charge on any atom is 0.252 e. The molecule has 0 bridgehead atoms. The monoisotopic (exact) mass is 313 g/mol. The zero-order chi connectivity index (χ0) is 14.8. The minimum Gasteiger partial charge on any atom is -0.466 e. The third kappa shape index (κ3) is 3.15. The number of carbonyl (C=O) groups is 1. The molecule has 2 N–H and O–H groups in total. The van der Waals surface area contributed by atoms with E-state index < -0.39 is 11.5 Å². The predicted molar refractivity (Wildman–Crippen MR) is 77.1 cm³/mol. The fourth-order valence-corrected chi connectivity index (χ4v) is 2.09. The summed E-state index contributed by atoms with van der Waals surface area (Å²) in [7, 11) is 0. The van der Waals surface area contributed by atoms with Crippen molar-refractivity contribution in [3.05, 3.63) is 58.0 Å². The number of aliphatic hydroxyl groups is 1. The predicted octanol–water partition coefficient (Wildman–Crippen LogP) is 3.22. The zero-order valence-corrected chi connectivity index (χ0v) is 12.2. The van der Waals surface area contributed by atoms with E-state index in [1.807, 2.05) is 0 Å². The van der Waals surface area contributed by atoms with Gasteiger partial charge in [-0.05, 0) is 31.2 Å². The smallest absolute Gasteiger partial charge is 0.252 e. The van der Waals surface area contributed by atoms with Crippen molar-refractivity contribution in [3.63, 3.8) is 0 Å². The molecule has 0 aliphatic heterocycles. The second-order valence-electron chi connectivity index (χ2n) is 4.54. The third-order valence-electron chi connectivity index (χ3n) is 2.84. The van der Waals surface area contributed by atoms with Gasteiger partial charge in [-0.25, -0.2) is 0 Å². The molecule has 0 aliphatic carbocycles. The molecular formula is C14H13Cl2NO3. The number of benzene rings is 1. The Morgan fingerprint density at radius 3 is 2.75 bits per heavy atom. The van der Waals surface area contributed by atoms with Crippen LogP contribution in [0.4, 0.5) is 0 Å². The largest absolute Gasteiger partial charge is 0.466 e. The van der Waals surface area contributed by atoms with Gasteiger partial charge in [0.15, 0.2) is 0 Å². The average molecular weight is 314 g/mol. The van der Waals surface area contributed by atoms with E-state index in [-0.39, 0.29) is 17.1 Å². The number of hydrogen-bond acceptors (Lipinski definition) is 3. The second-order valence-corrected chi connectivity index (χ2v) is 5.32. The molecule has 106 valence electrons. The van der Waals surface area contributed by atoms with Crippen LogP contribution in [0.5, 0.6) is 0 Å². The Bertz CT molecular complexity index is 609. The number of hydrogen-bond donors (Lipinski definition) is 2. The lowest BCUT2D eigenvalue weighted by Gasteiger charge is -2.21. The number of amides is 1. The van der Waals surface area contributed by atoms with E-state index in [2.05, 4.69) is 5.32 Å². The van der Waals surface area contributed by atoms with E-state index in [9.17, 15) is 9.90 Å². The summed E-state index contributed by atoms with van der Waals surface area (Å²) in [6.07, 6.45) is 1.46. The summed E-state index contributed by atoms with van der Waals surface area (Å²) in [4.78, 5) is 12.0. The van der Waals surface area contributed by atoms with Crippen LogP contribution < -0.4 is 5.32 Å². The topological polar surface area (TPSA) is 62.5 Å². The fraction of sp³-hybridized carbons (Fsp3) is 0.214. The Balaban J connectivity index is 2.08. The third-order valence-corrected chi connectivity index (χ3v) is 3.66. The van der Waals surface area contributed by atoms with Crippen molar-refractivity contribution >= 4 is 29.1 Å². The molecule has 1 heterocycles. The lowest BCUT2D eigenvalue weighted by atomic mass is 10.0. The van der Waals surface area contributed by atoms with Gasteiger partial charge in [0.05, 0.1) is 28.4 Å². The van der Waals surface area contributed by atoms with Gasteiger partial charge in [0.25, 0.3) is 5.91 Å². The van der Waals surface area contributed by atoms with Crippen LogP contribution in [-0.2, 0) is 5.60 Å². The number of carbonyl (C=O) groups excluding carboxylic acids is 1. The van der Waals surface area contributed by atoms with Crippen LogP contribution in [0.15, 0.2) is 41.0 Å². The first-order valence-corrected chi connectivity index (χ1v) is 6.66.